The summed E-state index contributed by atoms with van der Waals surface area (Å²) in [6, 6.07) is 11.6. The van der Waals surface area contributed by atoms with Gasteiger partial charge in [0.25, 0.3) is 5.56 Å². The Labute approximate surface area is 159 Å². The number of nitrogens with one attached hydrogen (secondary N) is 1. The summed E-state index contributed by atoms with van der Waals surface area (Å²) in [6.07, 6.45) is 3.45. The van der Waals surface area contributed by atoms with Gasteiger partial charge in [-0.05, 0) is 41.6 Å². The predicted octanol–water partition coefficient (Wildman–Crippen LogP) is 3.81. The first kappa shape index (κ1) is 18.8. The van der Waals surface area contributed by atoms with Gasteiger partial charge in [-0.25, -0.2) is 0 Å². The van der Waals surface area contributed by atoms with E-state index in [0.29, 0.717) is 12.1 Å². The average Bonchev–Trinajstić information content (AvgIpc) is 2.61. The second-order valence-corrected chi connectivity index (χ2v) is 7.99. The number of aryl methyl sites for hydroxylation is 1. The number of hydrogen-bond acceptors (Lipinski definition) is 3. The fourth-order valence-electron chi connectivity index (χ4n) is 3.07. The molecule has 0 unspecified atom stereocenters. The van der Waals surface area contributed by atoms with Gasteiger partial charge >= 0.3 is 0 Å². The smallest absolute Gasteiger partial charge is 0.253 e. The standard InChI is InChI=1S/C22H25N3O2/c1-15-7-8-17-11-18(20(26)24-19(17)10-15)14-25(21(27)22(2,3)4)13-16-6-5-9-23-12-16/h5-12H,13-14H2,1-4H3,(H,24,26). The van der Waals surface area contributed by atoms with Crippen LogP contribution in [0.5, 0.6) is 0 Å². The first-order valence-electron chi connectivity index (χ1n) is 9.05. The lowest BCUT2D eigenvalue weighted by atomic mass is 9.94. The monoisotopic (exact) mass is 363 g/mol. The summed E-state index contributed by atoms with van der Waals surface area (Å²) in [5.74, 6) is -0.00486. The van der Waals surface area contributed by atoms with Crippen molar-refractivity contribution in [1.29, 1.82) is 0 Å². The molecule has 27 heavy (non-hydrogen) atoms. The minimum Gasteiger partial charge on any atom is -0.333 e. The summed E-state index contributed by atoms with van der Waals surface area (Å²) in [5, 5.41) is 0.958. The zero-order valence-corrected chi connectivity index (χ0v) is 16.2. The molecule has 5 heteroatoms. The molecular formula is C22H25N3O2. The summed E-state index contributed by atoms with van der Waals surface area (Å²) in [4.78, 5) is 34.4. The Balaban J connectivity index is 1.97. The molecule has 0 spiro atoms. The molecule has 140 valence electrons. The Bertz CT molecular complexity index is 1020. The highest BCUT2D eigenvalue weighted by molar-refractivity contribution is 5.82. The molecule has 0 radical (unpaired) electrons. The lowest BCUT2D eigenvalue weighted by Crippen LogP contribution is -2.39. The quantitative estimate of drug-likeness (QED) is 0.766. The van der Waals surface area contributed by atoms with Crippen LogP contribution in [0.1, 0.15) is 37.5 Å². The number of fused-ring (bicyclic) bond motifs is 1. The van der Waals surface area contributed by atoms with Gasteiger partial charge in [-0.1, -0.05) is 39.0 Å². The number of H-pyrrole nitrogens is 1. The topological polar surface area (TPSA) is 66.1 Å². The molecule has 0 saturated heterocycles. The van der Waals surface area contributed by atoms with Crippen LogP contribution in [0.4, 0.5) is 0 Å². The number of amides is 1. The van der Waals surface area contributed by atoms with Gasteiger partial charge in [0, 0.05) is 35.4 Å². The first-order chi connectivity index (χ1) is 12.7. The molecule has 0 atom stereocenters. The van der Waals surface area contributed by atoms with Gasteiger partial charge in [0.2, 0.25) is 5.91 Å². The molecule has 2 aromatic heterocycles. The number of benzene rings is 1. The van der Waals surface area contributed by atoms with Crippen molar-refractivity contribution in [2.45, 2.75) is 40.8 Å². The van der Waals surface area contributed by atoms with Crippen molar-refractivity contribution in [2.24, 2.45) is 5.41 Å². The summed E-state index contributed by atoms with van der Waals surface area (Å²) < 4.78 is 0. The van der Waals surface area contributed by atoms with Crippen LogP contribution in [0.25, 0.3) is 10.9 Å². The summed E-state index contributed by atoms with van der Waals surface area (Å²) in [5.41, 5.74) is 2.71. The Hall–Kier alpha value is -2.95. The molecule has 0 aliphatic rings. The Morgan fingerprint density at radius 2 is 1.93 bits per heavy atom. The normalized spacial score (nSPS) is 11.6. The zero-order valence-electron chi connectivity index (χ0n) is 16.2. The molecule has 0 bridgehead atoms. The maximum Gasteiger partial charge on any atom is 0.253 e. The lowest BCUT2D eigenvalue weighted by Gasteiger charge is -2.29. The molecule has 5 nitrogen and oxygen atoms in total. The maximum absolute atomic E-state index is 13.0. The number of aromatic amines is 1. The third-order valence-corrected chi connectivity index (χ3v) is 4.46. The molecule has 3 rings (SSSR count). The summed E-state index contributed by atoms with van der Waals surface area (Å²) in [7, 11) is 0. The van der Waals surface area contributed by atoms with Crippen molar-refractivity contribution in [3.63, 3.8) is 0 Å². The van der Waals surface area contributed by atoms with E-state index >= 15 is 0 Å². The number of aromatic nitrogens is 2. The number of pyridine rings is 2. The average molecular weight is 363 g/mol. The van der Waals surface area contributed by atoms with E-state index in [4.69, 9.17) is 0 Å². The van der Waals surface area contributed by atoms with Crippen LogP contribution >= 0.6 is 0 Å². The third kappa shape index (κ3) is 4.42. The van der Waals surface area contributed by atoms with Crippen molar-refractivity contribution in [2.75, 3.05) is 0 Å². The van der Waals surface area contributed by atoms with E-state index in [2.05, 4.69) is 9.97 Å². The minimum atomic E-state index is -0.539. The van der Waals surface area contributed by atoms with Crippen LogP contribution in [0.3, 0.4) is 0 Å². The molecular weight excluding hydrogens is 338 g/mol. The third-order valence-electron chi connectivity index (χ3n) is 4.46. The van der Waals surface area contributed by atoms with E-state index in [1.807, 2.05) is 64.1 Å². The molecule has 2 heterocycles. The van der Waals surface area contributed by atoms with Crippen molar-refractivity contribution in [3.8, 4) is 0 Å². The highest BCUT2D eigenvalue weighted by atomic mass is 16.2. The number of carbonyl (C=O) groups excluding carboxylic acids is 1. The van der Waals surface area contributed by atoms with Crippen LogP contribution in [-0.4, -0.2) is 20.8 Å². The van der Waals surface area contributed by atoms with Crippen molar-refractivity contribution >= 4 is 16.8 Å². The number of hydrogen-bond donors (Lipinski definition) is 1. The lowest BCUT2D eigenvalue weighted by molar-refractivity contribution is -0.140. The molecule has 1 aromatic carbocycles. The first-order valence-corrected chi connectivity index (χ1v) is 9.05. The van der Waals surface area contributed by atoms with Crippen molar-refractivity contribution in [1.82, 2.24) is 14.9 Å². The van der Waals surface area contributed by atoms with E-state index in [1.165, 1.54) is 0 Å². The SMILES string of the molecule is Cc1ccc2cc(CN(Cc3cccnc3)C(=O)C(C)(C)C)c(=O)[nH]c2c1. The van der Waals surface area contributed by atoms with Gasteiger partial charge < -0.3 is 9.88 Å². The summed E-state index contributed by atoms with van der Waals surface area (Å²) >= 11 is 0. The highest BCUT2D eigenvalue weighted by Gasteiger charge is 2.28. The molecule has 3 aromatic rings. The van der Waals surface area contributed by atoms with Gasteiger partial charge in [-0.3, -0.25) is 14.6 Å². The second kappa shape index (κ2) is 7.35. The van der Waals surface area contributed by atoms with E-state index in [1.54, 1.807) is 17.3 Å². The van der Waals surface area contributed by atoms with Crippen LogP contribution in [-0.2, 0) is 17.9 Å². The summed E-state index contributed by atoms with van der Waals surface area (Å²) in [6.45, 7) is 8.32. The minimum absolute atomic E-state index is 0.00486. The number of carbonyl (C=O) groups is 1. The largest absolute Gasteiger partial charge is 0.333 e. The second-order valence-electron chi connectivity index (χ2n) is 7.99. The van der Waals surface area contributed by atoms with E-state index < -0.39 is 5.41 Å². The maximum atomic E-state index is 13.0. The van der Waals surface area contributed by atoms with Gasteiger partial charge in [-0.15, -0.1) is 0 Å². The molecule has 0 aliphatic heterocycles. The fourth-order valence-corrected chi connectivity index (χ4v) is 3.07. The Morgan fingerprint density at radius 3 is 2.59 bits per heavy atom. The van der Waals surface area contributed by atoms with Crippen LogP contribution in [0.15, 0.2) is 53.6 Å². The molecule has 1 N–H and O–H groups in total. The highest BCUT2D eigenvalue weighted by Crippen LogP contribution is 2.21. The molecule has 1 amide bonds. The van der Waals surface area contributed by atoms with E-state index in [-0.39, 0.29) is 18.0 Å². The Kier molecular flexibility index (Phi) is 5.13. The van der Waals surface area contributed by atoms with E-state index in [9.17, 15) is 9.59 Å². The number of rotatable bonds is 4. The van der Waals surface area contributed by atoms with Gasteiger partial charge in [0.05, 0.1) is 6.54 Å². The van der Waals surface area contributed by atoms with Crippen LogP contribution in [0, 0.1) is 12.3 Å². The molecule has 0 saturated carbocycles. The molecule has 0 fully saturated rings. The molecule has 0 aliphatic carbocycles. The Morgan fingerprint density at radius 1 is 1.15 bits per heavy atom. The number of nitrogens with zero attached hydrogens (tertiary/aromatic N) is 2. The van der Waals surface area contributed by atoms with Crippen LogP contribution < -0.4 is 5.56 Å². The van der Waals surface area contributed by atoms with Gasteiger partial charge in [0.15, 0.2) is 0 Å². The van der Waals surface area contributed by atoms with Gasteiger partial charge in [0.1, 0.15) is 0 Å². The van der Waals surface area contributed by atoms with Crippen LogP contribution in [0.2, 0.25) is 0 Å². The van der Waals surface area contributed by atoms with E-state index in [0.717, 1.165) is 22.0 Å². The van der Waals surface area contributed by atoms with Gasteiger partial charge in [-0.2, -0.15) is 0 Å². The van der Waals surface area contributed by atoms with Crippen molar-refractivity contribution < 1.29 is 4.79 Å². The predicted molar refractivity (Wildman–Crippen MR) is 107 cm³/mol. The van der Waals surface area contributed by atoms with Crippen molar-refractivity contribution in [3.05, 3.63) is 75.8 Å². The fraction of sp³-hybridized carbons (Fsp3) is 0.318. The zero-order chi connectivity index (χ0) is 19.6.